The smallest absolute Gasteiger partial charge is 0.0158 e. The molecule has 0 bridgehead atoms. The van der Waals surface area contributed by atoms with Crippen molar-refractivity contribution in [1.29, 1.82) is 0 Å². The minimum absolute atomic E-state index is 0.297. The van der Waals surface area contributed by atoms with Crippen molar-refractivity contribution < 1.29 is 0 Å². The normalized spacial score (nSPS) is 23.8. The van der Waals surface area contributed by atoms with Gasteiger partial charge < -0.3 is 0 Å². The summed E-state index contributed by atoms with van der Waals surface area (Å²) in [4.78, 5) is 2.54. The molecule has 1 heterocycles. The molecule has 1 heteroatoms. The Balaban J connectivity index is 2.63. The van der Waals surface area contributed by atoms with Crippen LogP contribution in [0.2, 0.25) is 0 Å². The van der Waals surface area contributed by atoms with Gasteiger partial charge in [-0.1, -0.05) is 18.2 Å². The maximum absolute atomic E-state index is 4.24. The molecule has 1 fully saturated rings. The van der Waals surface area contributed by atoms with E-state index in [9.17, 15) is 0 Å². The van der Waals surface area contributed by atoms with Crippen LogP contribution in [0.3, 0.4) is 0 Å². The minimum Gasteiger partial charge on any atom is -0.296 e. The number of rotatable bonds is 5. The standard InChI is InChI=1S/C17H31N/c1-8-9-10-14(2)11-15-12-16(3,4)18(7)17(5,6)13-15/h8,15H,1-2,9-13H2,3-7H3. The third-order valence-corrected chi connectivity index (χ3v) is 4.67. The Morgan fingerprint density at radius 3 is 2.17 bits per heavy atom. The van der Waals surface area contributed by atoms with Crippen molar-refractivity contribution in [2.45, 2.75) is 70.9 Å². The highest BCUT2D eigenvalue weighted by Crippen LogP contribution is 2.42. The molecule has 0 aromatic rings. The van der Waals surface area contributed by atoms with Gasteiger partial charge >= 0.3 is 0 Å². The molecule has 0 aromatic heterocycles. The second-order valence-corrected chi connectivity index (χ2v) is 7.24. The van der Waals surface area contributed by atoms with Crippen LogP contribution < -0.4 is 0 Å². The molecular formula is C17H31N. The summed E-state index contributed by atoms with van der Waals surface area (Å²) in [5, 5.41) is 0. The van der Waals surface area contributed by atoms with E-state index < -0.39 is 0 Å². The summed E-state index contributed by atoms with van der Waals surface area (Å²) in [6, 6.07) is 0. The van der Waals surface area contributed by atoms with Crippen LogP contribution >= 0.6 is 0 Å². The van der Waals surface area contributed by atoms with Crippen LogP contribution in [0.25, 0.3) is 0 Å². The fraction of sp³-hybridized carbons (Fsp3) is 0.765. The van der Waals surface area contributed by atoms with Crippen LogP contribution in [0.5, 0.6) is 0 Å². The predicted octanol–water partition coefficient (Wildman–Crippen LogP) is 4.80. The van der Waals surface area contributed by atoms with E-state index in [1.54, 1.807) is 0 Å². The average Bonchev–Trinajstić information content (AvgIpc) is 2.22. The van der Waals surface area contributed by atoms with Crippen LogP contribution in [-0.2, 0) is 0 Å². The molecule has 1 saturated heterocycles. The third-order valence-electron chi connectivity index (χ3n) is 4.67. The number of allylic oxidation sites excluding steroid dienone is 2. The van der Waals surface area contributed by atoms with Crippen LogP contribution in [0.1, 0.15) is 59.8 Å². The van der Waals surface area contributed by atoms with Crippen molar-refractivity contribution in [1.82, 2.24) is 4.90 Å². The van der Waals surface area contributed by atoms with Crippen molar-refractivity contribution in [2.75, 3.05) is 7.05 Å². The first-order chi connectivity index (χ1) is 8.19. The zero-order valence-electron chi connectivity index (χ0n) is 13.1. The van der Waals surface area contributed by atoms with Gasteiger partial charge in [0.1, 0.15) is 0 Å². The molecule has 104 valence electrons. The number of hydrogen-bond acceptors (Lipinski definition) is 1. The highest BCUT2D eigenvalue weighted by Gasteiger charge is 2.42. The largest absolute Gasteiger partial charge is 0.296 e. The lowest BCUT2D eigenvalue weighted by molar-refractivity contribution is -0.0297. The molecule has 1 rings (SSSR count). The van der Waals surface area contributed by atoms with Crippen LogP contribution in [-0.4, -0.2) is 23.0 Å². The second kappa shape index (κ2) is 5.61. The number of piperidine rings is 1. The molecule has 1 aliphatic heterocycles. The zero-order chi connectivity index (χ0) is 14.0. The quantitative estimate of drug-likeness (QED) is 0.633. The van der Waals surface area contributed by atoms with Crippen molar-refractivity contribution in [3.63, 3.8) is 0 Å². The summed E-state index contributed by atoms with van der Waals surface area (Å²) in [5.41, 5.74) is 1.99. The van der Waals surface area contributed by atoms with Gasteiger partial charge in [-0.05, 0) is 72.8 Å². The fourth-order valence-corrected chi connectivity index (χ4v) is 3.54. The van der Waals surface area contributed by atoms with Crippen molar-refractivity contribution in [3.8, 4) is 0 Å². The van der Waals surface area contributed by atoms with Gasteiger partial charge in [0.25, 0.3) is 0 Å². The molecule has 0 amide bonds. The van der Waals surface area contributed by atoms with E-state index in [-0.39, 0.29) is 0 Å². The van der Waals surface area contributed by atoms with E-state index in [1.165, 1.54) is 24.8 Å². The maximum Gasteiger partial charge on any atom is 0.0158 e. The topological polar surface area (TPSA) is 3.24 Å². The number of nitrogens with zero attached hydrogens (tertiary/aromatic N) is 1. The van der Waals surface area contributed by atoms with E-state index in [1.807, 2.05) is 6.08 Å². The summed E-state index contributed by atoms with van der Waals surface area (Å²) in [6.45, 7) is 17.5. The second-order valence-electron chi connectivity index (χ2n) is 7.24. The first-order valence-electron chi connectivity index (χ1n) is 7.20. The van der Waals surface area contributed by atoms with Crippen LogP contribution in [0.15, 0.2) is 24.8 Å². The number of likely N-dealkylation sites (tertiary alicyclic amines) is 1. The molecule has 1 nitrogen and oxygen atoms in total. The molecule has 0 unspecified atom stereocenters. The fourth-order valence-electron chi connectivity index (χ4n) is 3.54. The summed E-state index contributed by atoms with van der Waals surface area (Å²) < 4.78 is 0. The molecule has 1 aliphatic rings. The van der Waals surface area contributed by atoms with E-state index in [2.05, 4.69) is 52.8 Å². The molecule has 0 saturated carbocycles. The SMILES string of the molecule is C=CCCC(=C)CC1CC(C)(C)N(C)C(C)(C)C1. The predicted molar refractivity (Wildman–Crippen MR) is 81.8 cm³/mol. The van der Waals surface area contributed by atoms with E-state index >= 15 is 0 Å². The summed E-state index contributed by atoms with van der Waals surface area (Å²) >= 11 is 0. The Bertz CT molecular complexity index is 294. The highest BCUT2D eigenvalue weighted by atomic mass is 15.2. The van der Waals surface area contributed by atoms with E-state index in [0.717, 1.165) is 18.8 Å². The molecule has 0 aromatic carbocycles. The number of hydrogen-bond donors (Lipinski definition) is 0. The summed E-state index contributed by atoms with van der Waals surface area (Å²) in [5.74, 6) is 0.781. The van der Waals surface area contributed by atoms with Gasteiger partial charge in [0.15, 0.2) is 0 Å². The average molecular weight is 249 g/mol. The van der Waals surface area contributed by atoms with Gasteiger partial charge in [-0.2, -0.15) is 0 Å². The Hall–Kier alpha value is -0.560. The van der Waals surface area contributed by atoms with Gasteiger partial charge in [-0.25, -0.2) is 0 Å². The Kier molecular flexibility index (Phi) is 4.83. The van der Waals surface area contributed by atoms with Gasteiger partial charge in [-0.3, -0.25) is 4.90 Å². The van der Waals surface area contributed by atoms with Crippen LogP contribution in [0.4, 0.5) is 0 Å². The molecule has 18 heavy (non-hydrogen) atoms. The highest BCUT2D eigenvalue weighted by molar-refractivity contribution is 5.04. The first kappa shape index (κ1) is 15.5. The molecule has 0 radical (unpaired) electrons. The lowest BCUT2D eigenvalue weighted by atomic mass is 9.72. The molecule has 0 atom stereocenters. The third kappa shape index (κ3) is 3.71. The molecule has 0 spiro atoms. The van der Waals surface area contributed by atoms with E-state index in [4.69, 9.17) is 0 Å². The Labute approximate surface area is 114 Å². The lowest BCUT2D eigenvalue weighted by Gasteiger charge is -2.54. The molecule has 0 N–H and O–H groups in total. The Morgan fingerprint density at radius 1 is 1.22 bits per heavy atom. The van der Waals surface area contributed by atoms with Crippen molar-refractivity contribution in [2.24, 2.45) is 5.92 Å². The summed E-state index contributed by atoms with van der Waals surface area (Å²) in [7, 11) is 2.27. The van der Waals surface area contributed by atoms with Crippen LogP contribution in [0, 0.1) is 5.92 Å². The maximum atomic E-state index is 4.24. The van der Waals surface area contributed by atoms with Gasteiger partial charge in [0.2, 0.25) is 0 Å². The van der Waals surface area contributed by atoms with Crippen molar-refractivity contribution in [3.05, 3.63) is 24.8 Å². The van der Waals surface area contributed by atoms with Gasteiger partial charge in [-0.15, -0.1) is 6.58 Å². The minimum atomic E-state index is 0.297. The molecular weight excluding hydrogens is 218 g/mol. The van der Waals surface area contributed by atoms with Gasteiger partial charge in [0.05, 0.1) is 0 Å². The zero-order valence-corrected chi connectivity index (χ0v) is 13.1. The van der Waals surface area contributed by atoms with Gasteiger partial charge in [0, 0.05) is 11.1 Å². The van der Waals surface area contributed by atoms with Crippen molar-refractivity contribution >= 4 is 0 Å². The molecule has 0 aliphatic carbocycles. The lowest BCUT2D eigenvalue weighted by Crippen LogP contribution is -2.58. The summed E-state index contributed by atoms with van der Waals surface area (Å²) in [6.07, 6.45) is 7.91. The first-order valence-corrected chi connectivity index (χ1v) is 7.20. The monoisotopic (exact) mass is 249 g/mol. The Morgan fingerprint density at radius 2 is 1.72 bits per heavy atom. The van der Waals surface area contributed by atoms with E-state index in [0.29, 0.717) is 11.1 Å².